The van der Waals surface area contributed by atoms with E-state index < -0.39 is 5.97 Å². The lowest BCUT2D eigenvalue weighted by molar-refractivity contribution is -0.136. The molecule has 1 aliphatic heterocycles. The predicted molar refractivity (Wildman–Crippen MR) is 165 cm³/mol. The highest BCUT2D eigenvalue weighted by Crippen LogP contribution is 2.29. The summed E-state index contributed by atoms with van der Waals surface area (Å²) in [5, 5.41) is 9.97. The second kappa shape index (κ2) is 13.4. The molecule has 9 heteroatoms. The maximum atomic E-state index is 12.3. The molecule has 1 aromatic heterocycles. The normalized spacial score (nSPS) is 14.6. The van der Waals surface area contributed by atoms with Gasteiger partial charge in [0, 0.05) is 51.4 Å². The van der Waals surface area contributed by atoms with E-state index in [-0.39, 0.29) is 17.7 Å². The van der Waals surface area contributed by atoms with Gasteiger partial charge in [-0.3, -0.25) is 18.7 Å². The smallest absolute Gasteiger partial charge is 0.332 e. The number of carbonyl (C=O) groups is 1. The Hall–Kier alpha value is -3.62. The van der Waals surface area contributed by atoms with E-state index in [4.69, 9.17) is 11.6 Å². The Morgan fingerprint density at radius 2 is 1.80 bits per heavy atom. The van der Waals surface area contributed by atoms with Crippen LogP contribution in [-0.2, 0) is 25.3 Å². The monoisotopic (exact) mass is 578 g/mol. The minimum atomic E-state index is -0.847. The van der Waals surface area contributed by atoms with Crippen molar-refractivity contribution in [1.29, 1.82) is 0 Å². The molecule has 4 rings (SSSR count). The van der Waals surface area contributed by atoms with Gasteiger partial charge in [-0.25, -0.2) is 4.79 Å². The quantitative estimate of drug-likeness (QED) is 0.385. The van der Waals surface area contributed by atoms with E-state index in [1.54, 1.807) is 17.7 Å². The lowest BCUT2D eigenvalue weighted by Gasteiger charge is -2.35. The van der Waals surface area contributed by atoms with Crippen molar-refractivity contribution in [3.05, 3.63) is 103 Å². The van der Waals surface area contributed by atoms with Crippen molar-refractivity contribution < 1.29 is 9.90 Å². The Bertz CT molecular complexity index is 1550. The van der Waals surface area contributed by atoms with Crippen LogP contribution >= 0.6 is 11.6 Å². The molecule has 1 fully saturated rings. The Labute approximate surface area is 246 Å². The number of hydrogen-bond acceptors (Lipinski definition) is 5. The maximum Gasteiger partial charge on any atom is 0.332 e. The predicted octanol–water partition coefficient (Wildman–Crippen LogP) is 4.34. The van der Waals surface area contributed by atoms with Crippen LogP contribution in [-0.4, -0.2) is 58.3 Å². The number of aliphatic carboxylic acids is 1. The van der Waals surface area contributed by atoms with E-state index >= 15 is 0 Å². The van der Waals surface area contributed by atoms with Gasteiger partial charge in [0.05, 0.1) is 6.42 Å². The van der Waals surface area contributed by atoms with Crippen molar-refractivity contribution >= 4 is 29.0 Å². The average molecular weight is 579 g/mol. The number of halogens is 1. The second-order valence-electron chi connectivity index (χ2n) is 11.1. The van der Waals surface area contributed by atoms with Crippen LogP contribution in [0.1, 0.15) is 41.5 Å². The minimum absolute atomic E-state index is 0.0144. The van der Waals surface area contributed by atoms with Gasteiger partial charge in [0.15, 0.2) is 0 Å². The van der Waals surface area contributed by atoms with Crippen molar-refractivity contribution in [3.63, 3.8) is 0 Å². The fraction of sp³-hybridized carbons (Fsp3) is 0.406. The first-order valence-electron chi connectivity index (χ1n) is 14.0. The zero-order valence-corrected chi connectivity index (χ0v) is 25.0. The lowest BCUT2D eigenvalue weighted by atomic mass is 9.92. The molecule has 0 unspecified atom stereocenters. The molecule has 218 valence electrons. The summed E-state index contributed by atoms with van der Waals surface area (Å²) in [4.78, 5) is 40.3. The summed E-state index contributed by atoms with van der Waals surface area (Å²) in [5.41, 5.74) is 4.42. The van der Waals surface area contributed by atoms with E-state index in [0.29, 0.717) is 16.8 Å². The summed E-state index contributed by atoms with van der Waals surface area (Å²) in [6, 6.07) is 15.2. The van der Waals surface area contributed by atoms with Crippen molar-refractivity contribution in [1.82, 2.24) is 14.0 Å². The molecular weight excluding hydrogens is 540 g/mol. The number of rotatable bonds is 10. The van der Waals surface area contributed by atoms with Gasteiger partial charge in [-0.05, 0) is 79.1 Å². The lowest BCUT2D eigenvalue weighted by Crippen LogP contribution is -2.43. The molecule has 1 aliphatic rings. The van der Waals surface area contributed by atoms with Gasteiger partial charge in [-0.15, -0.1) is 0 Å². The van der Waals surface area contributed by atoms with Crippen LogP contribution in [0.2, 0.25) is 5.02 Å². The Morgan fingerprint density at radius 1 is 1.07 bits per heavy atom. The van der Waals surface area contributed by atoms with Gasteiger partial charge < -0.3 is 14.9 Å². The zero-order valence-electron chi connectivity index (χ0n) is 24.3. The number of nitrogens with zero attached hydrogens (tertiary/aromatic N) is 4. The molecule has 1 saturated heterocycles. The van der Waals surface area contributed by atoms with E-state index in [9.17, 15) is 19.5 Å². The van der Waals surface area contributed by atoms with Crippen LogP contribution in [0.4, 0.5) is 5.82 Å². The van der Waals surface area contributed by atoms with Crippen molar-refractivity contribution in [2.45, 2.75) is 32.6 Å². The Morgan fingerprint density at radius 3 is 2.49 bits per heavy atom. The molecule has 0 atom stereocenters. The van der Waals surface area contributed by atoms with Crippen LogP contribution < -0.4 is 16.1 Å². The highest BCUT2D eigenvalue weighted by molar-refractivity contribution is 6.30. The van der Waals surface area contributed by atoms with Crippen LogP contribution in [0.3, 0.4) is 0 Å². The highest BCUT2D eigenvalue weighted by Gasteiger charge is 2.23. The molecule has 2 aromatic carbocycles. The van der Waals surface area contributed by atoms with Gasteiger partial charge in [0.25, 0.3) is 5.56 Å². The second-order valence-corrected chi connectivity index (χ2v) is 11.5. The molecule has 0 bridgehead atoms. The van der Waals surface area contributed by atoms with Crippen LogP contribution in [0.25, 0.3) is 5.57 Å². The minimum Gasteiger partial charge on any atom is -0.481 e. The van der Waals surface area contributed by atoms with Gasteiger partial charge >= 0.3 is 11.7 Å². The number of aromatic nitrogens is 2. The summed E-state index contributed by atoms with van der Waals surface area (Å²) in [6.45, 7) is 5.52. The van der Waals surface area contributed by atoms with Crippen molar-refractivity contribution in [2.75, 3.05) is 38.1 Å². The Kier molecular flexibility index (Phi) is 9.89. The van der Waals surface area contributed by atoms with Gasteiger partial charge in [-0.1, -0.05) is 48.0 Å². The first kappa shape index (κ1) is 30.3. The third kappa shape index (κ3) is 7.57. The summed E-state index contributed by atoms with van der Waals surface area (Å²) < 4.78 is 2.68. The summed E-state index contributed by atoms with van der Waals surface area (Å²) in [5.74, 6) is 0.377. The van der Waals surface area contributed by atoms with Crippen molar-refractivity contribution in [2.24, 2.45) is 20.0 Å². The summed E-state index contributed by atoms with van der Waals surface area (Å²) in [7, 11) is 5.36. The molecule has 0 amide bonds. The zero-order chi connectivity index (χ0) is 29.7. The molecule has 2 heterocycles. The fourth-order valence-corrected chi connectivity index (χ4v) is 5.89. The standard InChI is InChI=1S/C32H39ClN4O4/c1-22-17-26(33)10-11-27(22)28(25-8-5-7-24(18-25)19-31(39)40)9-6-14-34(2)21-23-12-15-37(16-13-23)29-20-30(38)36(4)32(41)35(29)3/h5,7-11,17-18,20,23H,6,12-16,19,21H2,1-4H3,(H,39,40)/b28-9+. The number of benzene rings is 2. The number of piperidine rings is 1. The molecule has 0 aliphatic carbocycles. The number of carboxylic acids is 1. The third-order valence-corrected chi connectivity index (χ3v) is 8.18. The van der Waals surface area contributed by atoms with Gasteiger partial charge in [0.1, 0.15) is 5.82 Å². The first-order valence-corrected chi connectivity index (χ1v) is 14.4. The van der Waals surface area contributed by atoms with Crippen LogP contribution in [0.15, 0.2) is 64.2 Å². The number of carboxylic acid groups (broad SMARTS) is 1. The largest absolute Gasteiger partial charge is 0.481 e. The van der Waals surface area contributed by atoms with Gasteiger partial charge in [0.2, 0.25) is 0 Å². The van der Waals surface area contributed by atoms with Gasteiger partial charge in [-0.2, -0.15) is 0 Å². The maximum absolute atomic E-state index is 12.3. The summed E-state index contributed by atoms with van der Waals surface area (Å²) in [6.07, 6.45) is 5.06. The third-order valence-electron chi connectivity index (χ3n) is 7.94. The summed E-state index contributed by atoms with van der Waals surface area (Å²) >= 11 is 6.24. The molecule has 41 heavy (non-hydrogen) atoms. The number of anilines is 1. The molecule has 0 saturated carbocycles. The Balaban J connectivity index is 1.41. The highest BCUT2D eigenvalue weighted by atomic mass is 35.5. The molecule has 1 N–H and O–H groups in total. The average Bonchev–Trinajstić information content (AvgIpc) is 2.93. The molecule has 8 nitrogen and oxygen atoms in total. The SMILES string of the molecule is Cc1cc(Cl)ccc1/C(=C/CCN(C)CC1CCN(c2cc(=O)n(C)c(=O)n2C)CC1)c1cccc(CC(=O)O)c1. The van der Waals surface area contributed by atoms with Crippen LogP contribution in [0.5, 0.6) is 0 Å². The number of hydrogen-bond donors (Lipinski definition) is 1. The van der Waals surface area contributed by atoms with E-state index in [1.165, 1.54) is 7.05 Å². The topological polar surface area (TPSA) is 87.8 Å². The molecular formula is C32H39ClN4O4. The number of aryl methyl sites for hydroxylation is 1. The molecule has 0 radical (unpaired) electrons. The van der Waals surface area contributed by atoms with E-state index in [1.807, 2.05) is 49.4 Å². The van der Waals surface area contributed by atoms with E-state index in [2.05, 4.69) is 22.9 Å². The first-order chi connectivity index (χ1) is 19.5. The van der Waals surface area contributed by atoms with Crippen LogP contribution in [0, 0.1) is 12.8 Å². The molecule has 3 aromatic rings. The van der Waals surface area contributed by atoms with Crippen molar-refractivity contribution in [3.8, 4) is 0 Å². The van der Waals surface area contributed by atoms with E-state index in [0.717, 1.165) is 77.8 Å². The molecule has 0 spiro atoms. The fourth-order valence-electron chi connectivity index (χ4n) is 5.67.